The van der Waals surface area contributed by atoms with Crippen LogP contribution in [0.4, 0.5) is 0 Å². The molecule has 3 aromatic rings. The molecule has 0 spiro atoms. The number of hydrogen-bond acceptors (Lipinski definition) is 9. The average Bonchev–Trinajstić information content (AvgIpc) is 3.26. The van der Waals surface area contributed by atoms with Crippen LogP contribution < -0.4 is 30.0 Å². The van der Waals surface area contributed by atoms with Gasteiger partial charge in [-0.25, -0.2) is 9.59 Å². The number of nitrogens with zero attached hydrogens (tertiary/aromatic N) is 1. The van der Waals surface area contributed by atoms with Gasteiger partial charge in [-0.05, 0) is 69.2 Å². The molecule has 9 nitrogen and oxygen atoms in total. The quantitative estimate of drug-likeness (QED) is 0.374. The summed E-state index contributed by atoms with van der Waals surface area (Å²) in [6.07, 6.45) is 1.71. The molecule has 0 bridgehead atoms. The summed E-state index contributed by atoms with van der Waals surface area (Å²) in [6.45, 7) is 8.36. The Morgan fingerprint density at radius 3 is 1.88 bits per heavy atom. The second-order valence-corrected chi connectivity index (χ2v) is 9.68. The Morgan fingerprint density at radius 2 is 1.35 bits per heavy atom. The number of rotatable bonds is 10. The Morgan fingerprint density at radius 1 is 0.825 bits per heavy atom. The molecule has 0 saturated heterocycles. The molecule has 1 aromatic heterocycles. The second-order valence-electron chi connectivity index (χ2n) is 8.65. The number of thiazole rings is 1. The fourth-order valence-corrected chi connectivity index (χ4v) is 5.66. The lowest BCUT2D eigenvalue weighted by molar-refractivity contribution is -0.138. The van der Waals surface area contributed by atoms with Crippen molar-refractivity contribution in [3.05, 3.63) is 84.8 Å². The highest BCUT2D eigenvalue weighted by molar-refractivity contribution is 7.07. The number of esters is 2. The molecule has 2 N–H and O–H groups in total. The Hall–Kier alpha value is -4.31. The molecule has 1 aliphatic rings. The van der Waals surface area contributed by atoms with Gasteiger partial charge in [0.1, 0.15) is 22.0 Å². The number of hydrogen-bond donors (Lipinski definition) is 1. The highest BCUT2D eigenvalue weighted by Crippen LogP contribution is 2.38. The normalized spacial score (nSPS) is 15.1. The Bertz CT molecular complexity index is 1600. The zero-order valence-corrected chi connectivity index (χ0v) is 23.7. The molecule has 1 unspecified atom stereocenters. The first-order chi connectivity index (χ1) is 19.3. The average molecular weight is 565 g/mol. The van der Waals surface area contributed by atoms with Crippen LogP contribution in [0, 0.1) is 0 Å². The van der Waals surface area contributed by atoms with E-state index in [1.165, 1.54) is 4.57 Å². The molecule has 10 heteroatoms. The molecule has 0 aliphatic carbocycles. The largest absolute Gasteiger partial charge is 0.494 e. The summed E-state index contributed by atoms with van der Waals surface area (Å²) in [5.74, 6) is -1.04. The first kappa shape index (κ1) is 28.7. The molecule has 210 valence electrons. The minimum absolute atomic E-state index is 0.00548. The number of carbonyl (C=O) groups excluding carboxylic acids is 2. The molecule has 2 aromatic carbocycles. The van der Waals surface area contributed by atoms with E-state index in [0.717, 1.165) is 16.9 Å². The Labute approximate surface area is 235 Å². The first-order valence-electron chi connectivity index (χ1n) is 13.1. The number of ether oxygens (including phenoxy) is 4. The third-order valence-corrected chi connectivity index (χ3v) is 7.26. The summed E-state index contributed by atoms with van der Waals surface area (Å²) in [6, 6.07) is 14.3. The van der Waals surface area contributed by atoms with Crippen molar-refractivity contribution in [1.29, 1.82) is 0 Å². The van der Waals surface area contributed by atoms with E-state index in [-0.39, 0.29) is 30.2 Å². The number of aromatic nitrogens is 1. The van der Waals surface area contributed by atoms with Gasteiger partial charge in [0.25, 0.3) is 5.56 Å². The molecule has 0 fully saturated rings. The van der Waals surface area contributed by atoms with Gasteiger partial charge in [0, 0.05) is 0 Å². The molecular formula is C30H32N2O7S. The van der Waals surface area contributed by atoms with Gasteiger partial charge < -0.3 is 24.7 Å². The Kier molecular flexibility index (Phi) is 9.11. The predicted molar refractivity (Wildman–Crippen MR) is 153 cm³/mol. The lowest BCUT2D eigenvalue weighted by atomic mass is 9.83. The lowest BCUT2D eigenvalue weighted by Gasteiger charge is -2.27. The SMILES string of the molecule is CCOC(=O)C1=C(N)n2c(s/c(=C\c3ccc(OCC)cc3)c2=O)=C(C(=O)OCC)C1c1ccc(OCC)cc1. The van der Waals surface area contributed by atoms with Gasteiger partial charge in [-0.2, -0.15) is 0 Å². The number of carbonyl (C=O) groups is 2. The van der Waals surface area contributed by atoms with Crippen LogP contribution in [0.3, 0.4) is 0 Å². The third-order valence-electron chi connectivity index (χ3n) is 6.15. The second kappa shape index (κ2) is 12.7. The van der Waals surface area contributed by atoms with Gasteiger partial charge in [0.15, 0.2) is 0 Å². The number of fused-ring (bicyclic) bond motifs is 1. The Balaban J connectivity index is 2.01. The standard InChI is InChI=1S/C30H32N2O7S/c1-5-36-20-13-9-18(10-14-20)17-22-27(33)32-26(31)24(29(34)38-7-3)23(19-11-15-21(16-12-19)37-6-2)25(28(32)40-22)30(35)39-8-4/h9-17,23H,5-8,31H2,1-4H3/b22-17-. The van der Waals surface area contributed by atoms with E-state index in [1.807, 2.05) is 38.1 Å². The highest BCUT2D eigenvalue weighted by Gasteiger charge is 2.40. The summed E-state index contributed by atoms with van der Waals surface area (Å²) in [5.41, 5.74) is 7.58. The lowest BCUT2D eigenvalue weighted by Crippen LogP contribution is -2.42. The molecule has 1 aliphatic heterocycles. The van der Waals surface area contributed by atoms with Gasteiger partial charge >= 0.3 is 11.9 Å². The van der Waals surface area contributed by atoms with Gasteiger partial charge in [0.2, 0.25) is 0 Å². The molecule has 1 atom stereocenters. The summed E-state index contributed by atoms with van der Waals surface area (Å²) in [7, 11) is 0. The minimum atomic E-state index is -0.926. The van der Waals surface area contributed by atoms with Crippen molar-refractivity contribution in [2.75, 3.05) is 26.4 Å². The highest BCUT2D eigenvalue weighted by atomic mass is 32.1. The van der Waals surface area contributed by atoms with Crippen molar-refractivity contribution in [3.63, 3.8) is 0 Å². The summed E-state index contributed by atoms with van der Waals surface area (Å²) in [5, 5.41) is 0. The maximum atomic E-state index is 13.7. The summed E-state index contributed by atoms with van der Waals surface area (Å²) in [4.78, 5) is 40.5. The van der Waals surface area contributed by atoms with E-state index in [9.17, 15) is 14.4 Å². The molecule has 0 amide bonds. The van der Waals surface area contributed by atoms with Crippen molar-refractivity contribution >= 4 is 40.7 Å². The smallest absolute Gasteiger partial charge is 0.338 e. The number of benzene rings is 2. The summed E-state index contributed by atoms with van der Waals surface area (Å²) < 4.78 is 23.7. The van der Waals surface area contributed by atoms with E-state index in [4.69, 9.17) is 24.7 Å². The number of nitrogens with two attached hydrogens (primary N) is 1. The topological polar surface area (TPSA) is 119 Å². The zero-order valence-electron chi connectivity index (χ0n) is 22.9. The third kappa shape index (κ3) is 5.67. The van der Waals surface area contributed by atoms with Crippen molar-refractivity contribution in [2.24, 2.45) is 5.73 Å². The van der Waals surface area contributed by atoms with E-state index in [2.05, 4.69) is 0 Å². The van der Waals surface area contributed by atoms with Crippen molar-refractivity contribution in [3.8, 4) is 11.5 Å². The molecule has 4 rings (SSSR count). The van der Waals surface area contributed by atoms with Crippen LogP contribution in [0.15, 0.2) is 58.9 Å². The van der Waals surface area contributed by atoms with Crippen LogP contribution in [0.25, 0.3) is 17.5 Å². The van der Waals surface area contributed by atoms with Crippen LogP contribution in [-0.4, -0.2) is 42.9 Å². The van der Waals surface area contributed by atoms with Crippen LogP contribution in [0.5, 0.6) is 11.5 Å². The molecule has 2 heterocycles. The first-order valence-corrected chi connectivity index (χ1v) is 13.9. The van der Waals surface area contributed by atoms with Crippen LogP contribution in [0.1, 0.15) is 44.7 Å². The van der Waals surface area contributed by atoms with E-state index < -0.39 is 23.4 Å². The van der Waals surface area contributed by atoms with Gasteiger partial charge in [0.05, 0.1) is 48.0 Å². The molecule has 40 heavy (non-hydrogen) atoms. The van der Waals surface area contributed by atoms with Crippen molar-refractivity contribution < 1.29 is 28.5 Å². The van der Waals surface area contributed by atoms with E-state index in [0.29, 0.717) is 39.5 Å². The van der Waals surface area contributed by atoms with Crippen molar-refractivity contribution in [1.82, 2.24) is 4.57 Å². The maximum absolute atomic E-state index is 13.7. The van der Waals surface area contributed by atoms with Crippen LogP contribution in [-0.2, 0) is 19.1 Å². The van der Waals surface area contributed by atoms with Crippen LogP contribution in [0.2, 0.25) is 0 Å². The predicted octanol–water partition coefficient (Wildman–Crippen LogP) is 2.74. The van der Waals surface area contributed by atoms with Crippen molar-refractivity contribution in [2.45, 2.75) is 33.6 Å². The fourth-order valence-electron chi connectivity index (χ4n) is 4.50. The minimum Gasteiger partial charge on any atom is -0.494 e. The monoisotopic (exact) mass is 564 g/mol. The van der Waals surface area contributed by atoms with E-state index in [1.54, 1.807) is 44.2 Å². The van der Waals surface area contributed by atoms with Gasteiger partial charge in [-0.15, -0.1) is 11.3 Å². The maximum Gasteiger partial charge on any atom is 0.338 e. The van der Waals surface area contributed by atoms with Gasteiger partial charge in [-0.1, -0.05) is 24.3 Å². The van der Waals surface area contributed by atoms with Gasteiger partial charge in [-0.3, -0.25) is 9.36 Å². The summed E-state index contributed by atoms with van der Waals surface area (Å²) >= 11 is 1.11. The molecular weight excluding hydrogens is 532 g/mol. The zero-order chi connectivity index (χ0) is 28.8. The molecule has 0 saturated carbocycles. The van der Waals surface area contributed by atoms with E-state index >= 15 is 0 Å². The van der Waals surface area contributed by atoms with Crippen LogP contribution >= 0.6 is 11.3 Å². The fraction of sp³-hybridized carbons (Fsp3) is 0.300. The molecule has 0 radical (unpaired) electrons.